The molecule has 0 unspecified atom stereocenters. The lowest BCUT2D eigenvalue weighted by Gasteiger charge is -2.09. The van der Waals surface area contributed by atoms with Gasteiger partial charge >= 0.3 is 0 Å². The van der Waals surface area contributed by atoms with E-state index < -0.39 is 0 Å². The Morgan fingerprint density at radius 2 is 2.24 bits per heavy atom. The van der Waals surface area contributed by atoms with Gasteiger partial charge in [0.25, 0.3) is 0 Å². The van der Waals surface area contributed by atoms with E-state index in [2.05, 4.69) is 5.32 Å². The van der Waals surface area contributed by atoms with Gasteiger partial charge in [-0.3, -0.25) is 0 Å². The Morgan fingerprint density at radius 1 is 1.41 bits per heavy atom. The van der Waals surface area contributed by atoms with Crippen LogP contribution in [0.2, 0.25) is 5.02 Å². The van der Waals surface area contributed by atoms with Crippen LogP contribution in [0.1, 0.15) is 4.88 Å². The lowest BCUT2D eigenvalue weighted by molar-refractivity contribution is 0.415. The largest absolute Gasteiger partial charge is 0.497 e. The summed E-state index contributed by atoms with van der Waals surface area (Å²) in [5.41, 5.74) is 7.46. The predicted molar refractivity (Wildman–Crippen MR) is 74.1 cm³/mol. The number of thiophene rings is 1. The van der Waals surface area contributed by atoms with Crippen molar-refractivity contribution in [1.29, 1.82) is 0 Å². The van der Waals surface area contributed by atoms with E-state index >= 15 is 0 Å². The Hall–Kier alpha value is -1.39. The van der Waals surface area contributed by atoms with Crippen LogP contribution >= 0.6 is 22.9 Å². The van der Waals surface area contributed by atoms with Gasteiger partial charge in [-0.1, -0.05) is 11.6 Å². The Bertz CT molecular complexity index is 513. The highest BCUT2D eigenvalue weighted by molar-refractivity contribution is 7.10. The smallest absolute Gasteiger partial charge is 0.121 e. The molecular weight excluding hydrogens is 256 g/mol. The molecule has 0 bridgehead atoms. The summed E-state index contributed by atoms with van der Waals surface area (Å²) in [6, 6.07) is 7.40. The minimum atomic E-state index is 0.663. The monoisotopic (exact) mass is 268 g/mol. The highest BCUT2D eigenvalue weighted by Crippen LogP contribution is 2.28. The highest BCUT2D eigenvalue weighted by atomic mass is 35.5. The third-order valence-electron chi connectivity index (χ3n) is 2.39. The Morgan fingerprint density at radius 3 is 2.88 bits per heavy atom. The van der Waals surface area contributed by atoms with E-state index in [1.165, 1.54) is 0 Å². The zero-order chi connectivity index (χ0) is 12.3. The van der Waals surface area contributed by atoms with Gasteiger partial charge < -0.3 is 15.8 Å². The zero-order valence-electron chi connectivity index (χ0n) is 9.37. The number of benzene rings is 1. The van der Waals surface area contributed by atoms with Gasteiger partial charge in [-0.2, -0.15) is 0 Å². The minimum Gasteiger partial charge on any atom is -0.497 e. The summed E-state index contributed by atoms with van der Waals surface area (Å²) in [7, 11) is 1.63. The summed E-state index contributed by atoms with van der Waals surface area (Å²) < 4.78 is 5.15. The average molecular weight is 269 g/mol. The minimum absolute atomic E-state index is 0.663. The van der Waals surface area contributed by atoms with Gasteiger partial charge in [0.1, 0.15) is 5.75 Å². The molecule has 3 nitrogen and oxygen atoms in total. The van der Waals surface area contributed by atoms with Crippen LogP contribution in [0, 0.1) is 0 Å². The molecule has 2 aromatic rings. The van der Waals surface area contributed by atoms with Gasteiger partial charge in [0, 0.05) is 16.6 Å². The van der Waals surface area contributed by atoms with Crippen LogP contribution in [0.4, 0.5) is 11.4 Å². The molecule has 0 fully saturated rings. The van der Waals surface area contributed by atoms with Crippen LogP contribution in [0.15, 0.2) is 29.6 Å². The molecule has 2 rings (SSSR count). The molecule has 0 spiro atoms. The lowest BCUT2D eigenvalue weighted by atomic mass is 10.3. The number of nitrogens with one attached hydrogen (secondary N) is 1. The Balaban J connectivity index is 2.11. The topological polar surface area (TPSA) is 47.3 Å². The molecule has 1 aromatic carbocycles. The Kier molecular flexibility index (Phi) is 3.76. The normalized spacial score (nSPS) is 10.2. The van der Waals surface area contributed by atoms with Crippen LogP contribution in [-0.4, -0.2) is 7.11 Å². The second-order valence-corrected chi connectivity index (χ2v) is 4.91. The number of anilines is 2. The average Bonchev–Trinajstić information content (AvgIpc) is 2.74. The van der Waals surface area contributed by atoms with Crippen LogP contribution < -0.4 is 15.8 Å². The van der Waals surface area contributed by atoms with E-state index in [0.29, 0.717) is 11.6 Å². The molecule has 0 aliphatic rings. The molecule has 5 heteroatoms. The Labute approximate surface area is 109 Å². The predicted octanol–water partition coefficient (Wildman–Crippen LogP) is 3.60. The summed E-state index contributed by atoms with van der Waals surface area (Å²) in [6.45, 7) is 0.663. The van der Waals surface area contributed by atoms with Gasteiger partial charge in [-0.15, -0.1) is 11.3 Å². The van der Waals surface area contributed by atoms with Crippen LogP contribution in [0.5, 0.6) is 5.75 Å². The number of hydrogen-bond acceptors (Lipinski definition) is 4. The summed E-state index contributed by atoms with van der Waals surface area (Å²) in [6.07, 6.45) is 0. The fraction of sp³-hybridized carbons (Fsp3) is 0.167. The number of halogens is 1. The lowest BCUT2D eigenvalue weighted by Crippen LogP contribution is -2.00. The maximum atomic E-state index is 6.09. The van der Waals surface area contributed by atoms with Gasteiger partial charge in [0.05, 0.1) is 24.4 Å². The summed E-state index contributed by atoms with van der Waals surface area (Å²) >= 11 is 7.71. The molecular formula is C12H13ClN2OS. The standard InChI is InChI=1S/C12H13ClN2OS/c1-16-8-2-3-9(13)11(6-8)15-7-12-10(14)4-5-17-12/h2-6,15H,7,14H2,1H3. The zero-order valence-corrected chi connectivity index (χ0v) is 10.9. The van der Waals surface area contributed by atoms with Gasteiger partial charge in [-0.05, 0) is 23.6 Å². The van der Waals surface area contributed by atoms with Crippen molar-refractivity contribution >= 4 is 34.3 Å². The van der Waals surface area contributed by atoms with Crippen LogP contribution in [-0.2, 0) is 6.54 Å². The fourth-order valence-electron chi connectivity index (χ4n) is 1.44. The third-order valence-corrected chi connectivity index (χ3v) is 3.66. The van der Waals surface area contributed by atoms with Gasteiger partial charge in [0.2, 0.25) is 0 Å². The number of methoxy groups -OCH3 is 1. The number of nitrogen functional groups attached to an aromatic ring is 1. The molecule has 0 aliphatic heterocycles. The number of hydrogen-bond donors (Lipinski definition) is 2. The number of ether oxygens (including phenoxy) is 1. The fourth-order valence-corrected chi connectivity index (χ4v) is 2.36. The van der Waals surface area contributed by atoms with E-state index in [4.69, 9.17) is 22.1 Å². The first-order chi connectivity index (χ1) is 8.20. The summed E-state index contributed by atoms with van der Waals surface area (Å²) in [4.78, 5) is 1.10. The van der Waals surface area contributed by atoms with Crippen molar-refractivity contribution in [2.24, 2.45) is 0 Å². The maximum absolute atomic E-state index is 6.09. The first kappa shape index (κ1) is 12.1. The molecule has 0 atom stereocenters. The molecule has 1 heterocycles. The first-order valence-corrected chi connectivity index (χ1v) is 6.35. The number of nitrogens with two attached hydrogens (primary N) is 1. The first-order valence-electron chi connectivity index (χ1n) is 5.10. The van der Waals surface area contributed by atoms with E-state index in [-0.39, 0.29) is 0 Å². The van der Waals surface area contributed by atoms with Crippen molar-refractivity contribution in [2.75, 3.05) is 18.2 Å². The van der Waals surface area contributed by atoms with Crippen molar-refractivity contribution in [1.82, 2.24) is 0 Å². The highest BCUT2D eigenvalue weighted by Gasteiger charge is 2.04. The molecule has 90 valence electrons. The molecule has 0 aliphatic carbocycles. The van der Waals surface area contributed by atoms with Crippen molar-refractivity contribution in [3.63, 3.8) is 0 Å². The van der Waals surface area contributed by atoms with E-state index in [1.807, 2.05) is 23.6 Å². The molecule has 0 saturated carbocycles. The quantitative estimate of drug-likeness (QED) is 0.891. The summed E-state index contributed by atoms with van der Waals surface area (Å²) in [5, 5.41) is 5.89. The molecule has 1 aromatic heterocycles. The second-order valence-electron chi connectivity index (χ2n) is 3.50. The number of rotatable bonds is 4. The molecule has 17 heavy (non-hydrogen) atoms. The van der Waals surface area contributed by atoms with Gasteiger partial charge in [-0.25, -0.2) is 0 Å². The summed E-state index contributed by atoms with van der Waals surface area (Å²) in [5.74, 6) is 0.774. The van der Waals surface area contributed by atoms with Crippen molar-refractivity contribution in [3.8, 4) is 5.75 Å². The van der Waals surface area contributed by atoms with Crippen LogP contribution in [0.3, 0.4) is 0 Å². The van der Waals surface area contributed by atoms with Crippen molar-refractivity contribution in [2.45, 2.75) is 6.54 Å². The molecule has 0 amide bonds. The molecule has 3 N–H and O–H groups in total. The van der Waals surface area contributed by atoms with Crippen molar-refractivity contribution in [3.05, 3.63) is 39.5 Å². The third kappa shape index (κ3) is 2.84. The van der Waals surface area contributed by atoms with Crippen LogP contribution in [0.25, 0.3) is 0 Å². The second kappa shape index (κ2) is 5.29. The van der Waals surface area contributed by atoms with Gasteiger partial charge in [0.15, 0.2) is 0 Å². The van der Waals surface area contributed by atoms with E-state index in [9.17, 15) is 0 Å². The van der Waals surface area contributed by atoms with Crippen molar-refractivity contribution < 1.29 is 4.74 Å². The molecule has 0 saturated heterocycles. The van der Waals surface area contributed by atoms with E-state index in [0.717, 1.165) is 22.0 Å². The SMILES string of the molecule is COc1ccc(Cl)c(NCc2sccc2N)c1. The van der Waals surface area contributed by atoms with E-state index in [1.54, 1.807) is 24.5 Å². The molecule has 0 radical (unpaired) electrons. The maximum Gasteiger partial charge on any atom is 0.121 e.